The van der Waals surface area contributed by atoms with Crippen LogP contribution in [0.2, 0.25) is 0 Å². The number of rotatable bonds is 4. The molecule has 0 amide bonds. The van der Waals surface area contributed by atoms with Crippen LogP contribution in [0.4, 0.5) is 4.39 Å². The van der Waals surface area contributed by atoms with Gasteiger partial charge >= 0.3 is 0 Å². The summed E-state index contributed by atoms with van der Waals surface area (Å²) < 4.78 is 24.7. The molecule has 0 bridgehead atoms. The molecule has 1 unspecified atom stereocenters. The summed E-state index contributed by atoms with van der Waals surface area (Å²) in [7, 11) is 0. The maximum atomic E-state index is 12.9. The van der Waals surface area contributed by atoms with Crippen molar-refractivity contribution in [3.05, 3.63) is 28.5 Å². The first-order valence-corrected chi connectivity index (χ1v) is 6.24. The van der Waals surface area contributed by atoms with Crippen molar-refractivity contribution in [1.29, 1.82) is 0 Å². The Morgan fingerprint density at radius 3 is 3.12 bits per heavy atom. The summed E-state index contributed by atoms with van der Waals surface area (Å²) >= 11 is 3.32. The fraction of sp³-hybridized carbons (Fsp3) is 0.500. The van der Waals surface area contributed by atoms with E-state index in [9.17, 15) is 4.39 Å². The van der Waals surface area contributed by atoms with Gasteiger partial charge in [-0.2, -0.15) is 0 Å². The van der Waals surface area contributed by atoms with E-state index in [0.29, 0.717) is 18.5 Å². The standard InChI is InChI=1S/C12H14BrFO2/c13-11-4-3-9(14)8-12(11)16-7-5-10-2-1-6-15-10/h3-4,8,10H,1-2,5-7H2. The molecule has 1 aliphatic rings. The zero-order valence-corrected chi connectivity index (χ0v) is 10.5. The fourth-order valence-electron chi connectivity index (χ4n) is 1.76. The van der Waals surface area contributed by atoms with Gasteiger partial charge in [0.25, 0.3) is 0 Å². The lowest BCUT2D eigenvalue weighted by Crippen LogP contribution is -2.10. The Morgan fingerprint density at radius 2 is 2.38 bits per heavy atom. The molecule has 2 rings (SSSR count). The highest BCUT2D eigenvalue weighted by Gasteiger charge is 2.15. The summed E-state index contributed by atoms with van der Waals surface area (Å²) in [5.74, 6) is 0.272. The molecule has 0 saturated carbocycles. The lowest BCUT2D eigenvalue weighted by Gasteiger charge is -2.11. The van der Waals surface area contributed by atoms with E-state index in [1.807, 2.05) is 0 Å². The molecule has 1 aromatic carbocycles. The van der Waals surface area contributed by atoms with E-state index >= 15 is 0 Å². The molecule has 0 aliphatic carbocycles. The first-order chi connectivity index (χ1) is 7.75. The van der Waals surface area contributed by atoms with Gasteiger partial charge < -0.3 is 9.47 Å². The van der Waals surface area contributed by atoms with Crippen LogP contribution < -0.4 is 4.74 Å². The lowest BCUT2D eigenvalue weighted by molar-refractivity contribution is 0.0902. The molecule has 2 nitrogen and oxygen atoms in total. The van der Waals surface area contributed by atoms with Crippen molar-refractivity contribution in [2.45, 2.75) is 25.4 Å². The molecule has 1 aliphatic heterocycles. The summed E-state index contributed by atoms with van der Waals surface area (Å²) in [4.78, 5) is 0. The van der Waals surface area contributed by atoms with Crippen LogP contribution >= 0.6 is 15.9 Å². The van der Waals surface area contributed by atoms with Crippen LogP contribution in [0, 0.1) is 5.82 Å². The summed E-state index contributed by atoms with van der Waals surface area (Å²) in [6.07, 6.45) is 3.41. The molecule has 88 valence electrons. The van der Waals surface area contributed by atoms with Gasteiger partial charge in [-0.15, -0.1) is 0 Å². The summed E-state index contributed by atoms with van der Waals surface area (Å²) in [6, 6.07) is 4.44. The van der Waals surface area contributed by atoms with E-state index in [0.717, 1.165) is 30.3 Å². The maximum absolute atomic E-state index is 12.9. The zero-order chi connectivity index (χ0) is 11.4. The van der Waals surface area contributed by atoms with E-state index < -0.39 is 0 Å². The van der Waals surface area contributed by atoms with Crippen LogP contribution in [0.15, 0.2) is 22.7 Å². The van der Waals surface area contributed by atoms with Crippen molar-refractivity contribution in [2.24, 2.45) is 0 Å². The smallest absolute Gasteiger partial charge is 0.136 e. The van der Waals surface area contributed by atoms with Gasteiger partial charge in [0.2, 0.25) is 0 Å². The topological polar surface area (TPSA) is 18.5 Å². The van der Waals surface area contributed by atoms with Crippen molar-refractivity contribution >= 4 is 15.9 Å². The third-order valence-corrected chi connectivity index (χ3v) is 3.27. The summed E-state index contributed by atoms with van der Waals surface area (Å²) in [5.41, 5.74) is 0. The van der Waals surface area contributed by atoms with Crippen molar-refractivity contribution in [1.82, 2.24) is 0 Å². The Balaban J connectivity index is 1.82. The number of halogens is 2. The molecule has 1 heterocycles. The average Bonchev–Trinajstić information content (AvgIpc) is 2.76. The molecule has 0 N–H and O–H groups in total. The number of hydrogen-bond donors (Lipinski definition) is 0. The molecule has 1 saturated heterocycles. The molecule has 1 aromatic rings. The highest BCUT2D eigenvalue weighted by atomic mass is 79.9. The minimum Gasteiger partial charge on any atom is -0.492 e. The van der Waals surface area contributed by atoms with Gasteiger partial charge in [0.1, 0.15) is 11.6 Å². The normalized spacial score (nSPS) is 20.0. The van der Waals surface area contributed by atoms with Crippen LogP contribution in [0.5, 0.6) is 5.75 Å². The van der Waals surface area contributed by atoms with E-state index in [4.69, 9.17) is 9.47 Å². The maximum Gasteiger partial charge on any atom is 0.136 e. The minimum atomic E-state index is -0.282. The first kappa shape index (κ1) is 11.9. The number of hydrogen-bond acceptors (Lipinski definition) is 2. The predicted octanol–water partition coefficient (Wildman–Crippen LogP) is 3.54. The molecule has 1 atom stereocenters. The minimum absolute atomic E-state index is 0.282. The van der Waals surface area contributed by atoms with E-state index in [2.05, 4.69) is 15.9 Å². The van der Waals surface area contributed by atoms with Gasteiger partial charge in [-0.25, -0.2) is 4.39 Å². The molecule has 0 spiro atoms. The fourth-order valence-corrected chi connectivity index (χ4v) is 2.12. The second-order valence-corrected chi connectivity index (χ2v) is 4.70. The van der Waals surface area contributed by atoms with Gasteiger partial charge in [-0.05, 0) is 40.9 Å². The second kappa shape index (κ2) is 5.64. The predicted molar refractivity (Wildman–Crippen MR) is 63.2 cm³/mol. The molecular weight excluding hydrogens is 275 g/mol. The van der Waals surface area contributed by atoms with Gasteiger partial charge in [0, 0.05) is 19.1 Å². The first-order valence-electron chi connectivity index (χ1n) is 5.45. The Labute approximate surface area is 103 Å². The molecule has 16 heavy (non-hydrogen) atoms. The third-order valence-electron chi connectivity index (χ3n) is 2.61. The van der Waals surface area contributed by atoms with E-state index in [1.54, 1.807) is 6.07 Å². The van der Waals surface area contributed by atoms with Crippen molar-refractivity contribution in [3.8, 4) is 5.75 Å². The third kappa shape index (κ3) is 3.19. The van der Waals surface area contributed by atoms with Gasteiger partial charge in [-0.3, -0.25) is 0 Å². The Kier molecular flexibility index (Phi) is 4.18. The van der Waals surface area contributed by atoms with Crippen molar-refractivity contribution in [3.63, 3.8) is 0 Å². The van der Waals surface area contributed by atoms with Gasteiger partial charge in [0.15, 0.2) is 0 Å². The second-order valence-electron chi connectivity index (χ2n) is 3.85. The van der Waals surface area contributed by atoms with Crippen LogP contribution in [0.25, 0.3) is 0 Å². The van der Waals surface area contributed by atoms with Crippen LogP contribution in [-0.2, 0) is 4.74 Å². The zero-order valence-electron chi connectivity index (χ0n) is 8.92. The molecule has 1 fully saturated rings. The van der Waals surface area contributed by atoms with Crippen LogP contribution in [0.1, 0.15) is 19.3 Å². The summed E-state index contributed by atoms with van der Waals surface area (Å²) in [5, 5.41) is 0. The Bertz CT molecular complexity index is 351. The SMILES string of the molecule is Fc1ccc(Br)c(OCCC2CCCO2)c1. The molecular formula is C12H14BrFO2. The Morgan fingerprint density at radius 1 is 1.50 bits per heavy atom. The van der Waals surface area contributed by atoms with E-state index in [-0.39, 0.29) is 5.82 Å². The average molecular weight is 289 g/mol. The highest BCUT2D eigenvalue weighted by molar-refractivity contribution is 9.10. The van der Waals surface area contributed by atoms with Crippen molar-refractivity contribution in [2.75, 3.05) is 13.2 Å². The molecule has 0 aromatic heterocycles. The number of benzene rings is 1. The van der Waals surface area contributed by atoms with Crippen molar-refractivity contribution < 1.29 is 13.9 Å². The monoisotopic (exact) mass is 288 g/mol. The van der Waals surface area contributed by atoms with Gasteiger partial charge in [0.05, 0.1) is 17.2 Å². The highest BCUT2D eigenvalue weighted by Crippen LogP contribution is 2.26. The molecule has 4 heteroatoms. The largest absolute Gasteiger partial charge is 0.492 e. The lowest BCUT2D eigenvalue weighted by atomic mass is 10.2. The van der Waals surface area contributed by atoms with Gasteiger partial charge in [-0.1, -0.05) is 0 Å². The summed E-state index contributed by atoms with van der Waals surface area (Å²) in [6.45, 7) is 1.42. The quantitative estimate of drug-likeness (QED) is 0.844. The number of ether oxygens (including phenoxy) is 2. The molecule has 0 radical (unpaired) electrons. The van der Waals surface area contributed by atoms with Crippen LogP contribution in [0.3, 0.4) is 0 Å². The van der Waals surface area contributed by atoms with E-state index in [1.165, 1.54) is 12.1 Å². The Hall–Kier alpha value is -0.610. The van der Waals surface area contributed by atoms with Crippen LogP contribution in [-0.4, -0.2) is 19.3 Å².